The van der Waals surface area contributed by atoms with Crippen LogP contribution in [0.4, 0.5) is 11.4 Å². The summed E-state index contributed by atoms with van der Waals surface area (Å²) in [6.45, 7) is 3.14. The molecule has 1 N–H and O–H groups in total. The molecule has 9 nitrogen and oxygen atoms in total. The molecule has 0 atom stereocenters. The third-order valence-corrected chi connectivity index (χ3v) is 7.79. The van der Waals surface area contributed by atoms with E-state index in [1.54, 1.807) is 30.3 Å². The highest BCUT2D eigenvalue weighted by Crippen LogP contribution is 2.35. The molecular weight excluding hydrogens is 434 g/mol. The van der Waals surface area contributed by atoms with E-state index in [0.29, 0.717) is 49.1 Å². The molecule has 0 saturated carbocycles. The number of fused-ring (bicyclic) bond motifs is 1. The molecule has 2 saturated heterocycles. The van der Waals surface area contributed by atoms with E-state index in [4.69, 9.17) is 14.2 Å². The Morgan fingerprint density at radius 3 is 2.44 bits per heavy atom. The van der Waals surface area contributed by atoms with Crippen molar-refractivity contribution in [2.75, 3.05) is 56.4 Å². The van der Waals surface area contributed by atoms with Crippen LogP contribution in [0.25, 0.3) is 0 Å². The maximum absolute atomic E-state index is 13.3. The van der Waals surface area contributed by atoms with Gasteiger partial charge in [-0.25, -0.2) is 8.42 Å². The molecule has 2 aromatic rings. The van der Waals surface area contributed by atoms with Crippen LogP contribution in [-0.2, 0) is 14.8 Å². The average molecular weight is 460 g/mol. The van der Waals surface area contributed by atoms with Crippen molar-refractivity contribution in [1.29, 1.82) is 0 Å². The van der Waals surface area contributed by atoms with Gasteiger partial charge in [0, 0.05) is 43.6 Å². The first-order chi connectivity index (χ1) is 15.5. The lowest BCUT2D eigenvalue weighted by Crippen LogP contribution is -2.40. The predicted octanol–water partition coefficient (Wildman–Crippen LogP) is 2.29. The van der Waals surface area contributed by atoms with Gasteiger partial charge in [-0.1, -0.05) is 0 Å². The van der Waals surface area contributed by atoms with Crippen LogP contribution < -0.4 is 19.7 Å². The number of carbonyl (C=O) groups is 1. The van der Waals surface area contributed by atoms with Crippen LogP contribution in [0.1, 0.15) is 23.2 Å². The van der Waals surface area contributed by atoms with Crippen molar-refractivity contribution in [3.8, 4) is 11.5 Å². The largest absolute Gasteiger partial charge is 0.454 e. The van der Waals surface area contributed by atoms with Crippen LogP contribution in [0.15, 0.2) is 41.3 Å². The van der Waals surface area contributed by atoms with Gasteiger partial charge in [0.05, 0.1) is 23.7 Å². The molecule has 2 fully saturated rings. The van der Waals surface area contributed by atoms with Crippen LogP contribution in [-0.4, -0.2) is 64.8 Å². The van der Waals surface area contributed by atoms with E-state index in [0.717, 1.165) is 31.6 Å². The number of amides is 1. The maximum atomic E-state index is 13.3. The highest BCUT2D eigenvalue weighted by molar-refractivity contribution is 7.89. The van der Waals surface area contributed by atoms with Crippen molar-refractivity contribution >= 4 is 27.3 Å². The zero-order valence-corrected chi connectivity index (χ0v) is 18.4. The number of hydrogen-bond acceptors (Lipinski definition) is 7. The smallest absolute Gasteiger partial charge is 0.257 e. The van der Waals surface area contributed by atoms with Crippen molar-refractivity contribution in [3.05, 3.63) is 42.0 Å². The first-order valence-corrected chi connectivity index (χ1v) is 12.1. The number of carbonyl (C=O) groups excluding carboxylic acids is 1. The summed E-state index contributed by atoms with van der Waals surface area (Å²) in [7, 11) is -3.72. The number of morpholine rings is 1. The minimum atomic E-state index is -3.72. The fraction of sp³-hybridized carbons (Fsp3) is 0.409. The normalized spacial score (nSPS) is 18.7. The SMILES string of the molecule is O=C(Nc1ccc2c(c1)OCO2)c1cc(S(=O)(=O)N2CCOCC2)ccc1N1CCCC1. The van der Waals surface area contributed by atoms with Crippen molar-refractivity contribution in [3.63, 3.8) is 0 Å². The molecule has 0 spiro atoms. The van der Waals surface area contributed by atoms with Gasteiger partial charge in [0.1, 0.15) is 0 Å². The number of ether oxygens (including phenoxy) is 3. The van der Waals surface area contributed by atoms with Crippen LogP contribution in [0, 0.1) is 0 Å². The van der Waals surface area contributed by atoms with Crippen molar-refractivity contribution in [2.24, 2.45) is 0 Å². The molecular formula is C22H25N3O6S. The molecule has 0 radical (unpaired) electrons. The maximum Gasteiger partial charge on any atom is 0.257 e. The van der Waals surface area contributed by atoms with Crippen LogP contribution in [0.5, 0.6) is 11.5 Å². The number of hydrogen-bond donors (Lipinski definition) is 1. The second-order valence-electron chi connectivity index (χ2n) is 7.91. The zero-order valence-electron chi connectivity index (χ0n) is 17.6. The molecule has 0 aliphatic carbocycles. The number of rotatable bonds is 5. The second-order valence-corrected chi connectivity index (χ2v) is 9.85. The average Bonchev–Trinajstić information content (AvgIpc) is 3.51. The molecule has 3 aliphatic rings. The van der Waals surface area contributed by atoms with Crippen LogP contribution in [0.3, 0.4) is 0 Å². The Hall–Kier alpha value is -2.82. The molecule has 0 unspecified atom stereocenters. The summed E-state index contributed by atoms with van der Waals surface area (Å²) in [5.74, 6) is 0.815. The summed E-state index contributed by atoms with van der Waals surface area (Å²) in [5.41, 5.74) is 1.62. The lowest BCUT2D eigenvalue weighted by atomic mass is 10.1. The fourth-order valence-electron chi connectivity index (χ4n) is 4.20. The van der Waals surface area contributed by atoms with Crippen LogP contribution in [0.2, 0.25) is 0 Å². The van der Waals surface area contributed by atoms with E-state index < -0.39 is 10.0 Å². The Bertz CT molecular complexity index is 1120. The predicted molar refractivity (Wildman–Crippen MR) is 118 cm³/mol. The van der Waals surface area contributed by atoms with Gasteiger partial charge in [0.15, 0.2) is 11.5 Å². The third-order valence-electron chi connectivity index (χ3n) is 5.90. The van der Waals surface area contributed by atoms with E-state index in [-0.39, 0.29) is 17.6 Å². The molecule has 0 aromatic heterocycles. The lowest BCUT2D eigenvalue weighted by Gasteiger charge is -2.27. The van der Waals surface area contributed by atoms with Gasteiger partial charge in [0.2, 0.25) is 16.8 Å². The second kappa shape index (κ2) is 8.61. The number of nitrogens with one attached hydrogen (secondary N) is 1. The third kappa shape index (κ3) is 4.01. The first-order valence-electron chi connectivity index (χ1n) is 10.7. The summed E-state index contributed by atoms with van der Waals surface area (Å²) in [4.78, 5) is 15.5. The molecule has 3 heterocycles. The van der Waals surface area contributed by atoms with Gasteiger partial charge in [-0.15, -0.1) is 0 Å². The van der Waals surface area contributed by atoms with E-state index in [2.05, 4.69) is 10.2 Å². The van der Waals surface area contributed by atoms with E-state index in [1.807, 2.05) is 0 Å². The number of benzene rings is 2. The van der Waals surface area contributed by atoms with Gasteiger partial charge in [-0.05, 0) is 43.2 Å². The Kier molecular flexibility index (Phi) is 5.66. The summed E-state index contributed by atoms with van der Waals surface area (Å²) < 4.78 is 43.7. The highest BCUT2D eigenvalue weighted by Gasteiger charge is 2.29. The number of sulfonamides is 1. The van der Waals surface area contributed by atoms with Crippen molar-refractivity contribution < 1.29 is 27.4 Å². The summed E-state index contributed by atoms with van der Waals surface area (Å²) >= 11 is 0. The van der Waals surface area contributed by atoms with Gasteiger partial charge < -0.3 is 24.4 Å². The minimum absolute atomic E-state index is 0.109. The summed E-state index contributed by atoms with van der Waals surface area (Å²) in [6, 6.07) is 9.99. The molecule has 0 bridgehead atoms. The fourth-order valence-corrected chi connectivity index (χ4v) is 5.63. The minimum Gasteiger partial charge on any atom is -0.454 e. The topological polar surface area (TPSA) is 97.4 Å². The first kappa shape index (κ1) is 21.0. The summed E-state index contributed by atoms with van der Waals surface area (Å²) in [5, 5.41) is 2.88. The molecule has 3 aliphatic heterocycles. The molecule has 5 rings (SSSR count). The quantitative estimate of drug-likeness (QED) is 0.733. The molecule has 170 valence electrons. The van der Waals surface area contributed by atoms with Crippen molar-refractivity contribution in [2.45, 2.75) is 17.7 Å². The van der Waals surface area contributed by atoms with E-state index in [9.17, 15) is 13.2 Å². The molecule has 32 heavy (non-hydrogen) atoms. The highest BCUT2D eigenvalue weighted by atomic mass is 32.2. The Morgan fingerprint density at radius 2 is 1.66 bits per heavy atom. The molecule has 2 aromatic carbocycles. The van der Waals surface area contributed by atoms with Gasteiger partial charge in [-0.2, -0.15) is 4.31 Å². The monoisotopic (exact) mass is 459 g/mol. The Morgan fingerprint density at radius 1 is 0.906 bits per heavy atom. The van der Waals surface area contributed by atoms with Gasteiger partial charge in [0.25, 0.3) is 5.91 Å². The van der Waals surface area contributed by atoms with Crippen LogP contribution >= 0.6 is 0 Å². The van der Waals surface area contributed by atoms with E-state index >= 15 is 0 Å². The summed E-state index contributed by atoms with van der Waals surface area (Å²) in [6.07, 6.45) is 2.08. The molecule has 1 amide bonds. The standard InChI is InChI=1S/C22H25N3O6S/c26-22(23-16-3-6-20-21(13-16)31-15-30-20)18-14-17(4-5-19(18)24-7-1-2-8-24)32(27,28)25-9-11-29-12-10-25/h3-6,13-14H,1-2,7-12,15H2,(H,23,26). The lowest BCUT2D eigenvalue weighted by molar-refractivity contribution is 0.0730. The molecule has 10 heteroatoms. The van der Waals surface area contributed by atoms with Gasteiger partial charge >= 0.3 is 0 Å². The Labute approximate surface area is 186 Å². The zero-order chi connectivity index (χ0) is 22.1. The number of nitrogens with zero attached hydrogens (tertiary/aromatic N) is 2. The number of anilines is 2. The van der Waals surface area contributed by atoms with E-state index in [1.165, 1.54) is 10.4 Å². The van der Waals surface area contributed by atoms with Gasteiger partial charge in [-0.3, -0.25) is 4.79 Å². The Balaban J connectivity index is 1.48. The van der Waals surface area contributed by atoms with Crippen molar-refractivity contribution in [1.82, 2.24) is 4.31 Å².